The van der Waals surface area contributed by atoms with Gasteiger partial charge < -0.3 is 18.9 Å². The fourth-order valence-corrected chi connectivity index (χ4v) is 4.53. The summed E-state index contributed by atoms with van der Waals surface area (Å²) >= 11 is 0. The van der Waals surface area contributed by atoms with E-state index in [9.17, 15) is 9.59 Å². The summed E-state index contributed by atoms with van der Waals surface area (Å²) in [7, 11) is 0. The van der Waals surface area contributed by atoms with Gasteiger partial charge in [0.15, 0.2) is 0 Å². The number of carbonyl (C=O) groups is 2. The lowest BCUT2D eigenvalue weighted by Gasteiger charge is -2.10. The Kier molecular flexibility index (Phi) is 15.6. The Morgan fingerprint density at radius 1 is 0.600 bits per heavy atom. The highest BCUT2D eigenvalue weighted by Crippen LogP contribution is 2.26. The molecule has 3 rings (SSSR count). The Labute approximate surface area is 268 Å². The zero-order valence-corrected chi connectivity index (χ0v) is 26.4. The van der Waals surface area contributed by atoms with Crippen LogP contribution >= 0.6 is 0 Å². The van der Waals surface area contributed by atoms with Gasteiger partial charge in [-0.3, -0.25) is 0 Å². The van der Waals surface area contributed by atoms with Crippen LogP contribution in [0.25, 0.3) is 11.1 Å². The van der Waals surface area contributed by atoms with Gasteiger partial charge >= 0.3 is 11.9 Å². The lowest BCUT2D eigenvalue weighted by atomic mass is 9.98. The van der Waals surface area contributed by atoms with Crippen molar-refractivity contribution in [2.75, 3.05) is 26.4 Å². The van der Waals surface area contributed by atoms with Crippen LogP contribution in [0.2, 0.25) is 0 Å². The second-order valence-corrected chi connectivity index (χ2v) is 10.6. The number of unbranched alkanes of at least 4 members (excludes halogenated alkanes) is 6. The molecular weight excluding hydrogens is 564 g/mol. The predicted molar refractivity (Wildman–Crippen MR) is 179 cm³/mol. The first-order valence-electron chi connectivity index (χ1n) is 15.7. The zero-order chi connectivity index (χ0) is 32.1. The molecule has 6 nitrogen and oxygen atoms in total. The summed E-state index contributed by atoms with van der Waals surface area (Å²) in [4.78, 5) is 22.0. The van der Waals surface area contributed by atoms with Crippen molar-refractivity contribution in [3.05, 3.63) is 109 Å². The topological polar surface area (TPSA) is 71.1 Å². The van der Waals surface area contributed by atoms with Crippen molar-refractivity contribution >= 4 is 11.9 Å². The van der Waals surface area contributed by atoms with Gasteiger partial charge in [-0.05, 0) is 124 Å². The molecule has 0 aromatic heterocycles. The van der Waals surface area contributed by atoms with Crippen LogP contribution in [-0.4, -0.2) is 38.4 Å². The van der Waals surface area contributed by atoms with E-state index in [2.05, 4.69) is 62.3 Å². The van der Waals surface area contributed by atoms with E-state index in [0.717, 1.165) is 85.1 Å². The number of rotatable bonds is 19. The van der Waals surface area contributed by atoms with Crippen molar-refractivity contribution in [2.24, 2.45) is 0 Å². The normalized spacial score (nSPS) is 10.2. The van der Waals surface area contributed by atoms with Crippen LogP contribution in [0.1, 0.15) is 68.1 Å². The molecule has 236 valence electrons. The lowest BCUT2D eigenvalue weighted by molar-refractivity contribution is -0.138. The summed E-state index contributed by atoms with van der Waals surface area (Å²) in [5.41, 5.74) is 5.37. The van der Waals surface area contributed by atoms with E-state index in [1.807, 2.05) is 36.4 Å². The van der Waals surface area contributed by atoms with Crippen molar-refractivity contribution in [3.63, 3.8) is 0 Å². The Morgan fingerprint density at radius 3 is 1.53 bits per heavy atom. The molecule has 0 saturated carbocycles. The van der Waals surface area contributed by atoms with Gasteiger partial charge in [0.25, 0.3) is 0 Å². The molecule has 0 aliphatic carbocycles. The molecule has 0 aliphatic rings. The molecular formula is C39H44O6. The highest BCUT2D eigenvalue weighted by Gasteiger charge is 2.04. The first-order valence-corrected chi connectivity index (χ1v) is 15.7. The minimum absolute atomic E-state index is 0.366. The summed E-state index contributed by atoms with van der Waals surface area (Å²) in [5, 5.41) is 0. The second kappa shape index (κ2) is 20.2. The molecule has 0 atom stereocenters. The van der Waals surface area contributed by atoms with Crippen LogP contribution in [-0.2, 0) is 19.1 Å². The summed E-state index contributed by atoms with van der Waals surface area (Å²) in [6, 6.07) is 22.3. The number of esters is 2. The maximum atomic E-state index is 11.0. The molecule has 3 aromatic rings. The molecule has 0 amide bonds. The van der Waals surface area contributed by atoms with Crippen molar-refractivity contribution < 1.29 is 28.5 Å². The van der Waals surface area contributed by atoms with Crippen LogP contribution < -0.4 is 9.47 Å². The average molecular weight is 609 g/mol. The fraction of sp³-hybridized carbons (Fsp3) is 0.333. The molecule has 45 heavy (non-hydrogen) atoms. The molecule has 0 heterocycles. The first-order chi connectivity index (χ1) is 22.0. The van der Waals surface area contributed by atoms with E-state index in [1.54, 1.807) is 0 Å². The largest absolute Gasteiger partial charge is 0.494 e. The van der Waals surface area contributed by atoms with Gasteiger partial charge in [-0.25, -0.2) is 9.59 Å². The Bertz CT molecular complexity index is 1430. The lowest BCUT2D eigenvalue weighted by Crippen LogP contribution is -2.02. The quantitative estimate of drug-likeness (QED) is 0.0589. The van der Waals surface area contributed by atoms with Crippen molar-refractivity contribution in [1.29, 1.82) is 0 Å². The molecule has 0 radical (unpaired) electrons. The fourth-order valence-electron chi connectivity index (χ4n) is 4.53. The van der Waals surface area contributed by atoms with Gasteiger partial charge in [-0.1, -0.05) is 43.2 Å². The Hall–Kier alpha value is -4.76. The second-order valence-electron chi connectivity index (χ2n) is 10.6. The maximum absolute atomic E-state index is 11.0. The summed E-state index contributed by atoms with van der Waals surface area (Å²) < 4.78 is 21.7. The monoisotopic (exact) mass is 608 g/mol. The van der Waals surface area contributed by atoms with Crippen LogP contribution in [0.15, 0.2) is 92.0 Å². The molecule has 0 fully saturated rings. The van der Waals surface area contributed by atoms with Crippen molar-refractivity contribution in [3.8, 4) is 34.5 Å². The van der Waals surface area contributed by atoms with Crippen molar-refractivity contribution in [1.82, 2.24) is 0 Å². The SMILES string of the molecule is C=CC(=O)OCCCCCCOc1ccc(C#Cc2ccc(-c3ccc(OCCCCCCOC(=O)C=C)cc3)c(C)c2)cc1. The number of carbonyl (C=O) groups excluding carboxylic acids is 2. The number of aryl methyl sites for hydroxylation is 1. The highest BCUT2D eigenvalue weighted by atomic mass is 16.5. The van der Waals surface area contributed by atoms with Gasteiger partial charge in [0.2, 0.25) is 0 Å². The standard InChI is InChI=1S/C39H44O6/c1-4-38(40)44-28-12-8-6-10-26-42-35-21-16-32(17-22-35)14-15-33-18-25-37(31(3)30-33)34-19-23-36(24-20-34)43-27-11-7-9-13-29-45-39(41)5-2/h4-5,16-25,30H,1-2,6-13,26-29H2,3H3. The van der Waals surface area contributed by atoms with E-state index in [1.165, 1.54) is 17.7 Å². The third kappa shape index (κ3) is 13.6. The van der Waals surface area contributed by atoms with E-state index in [0.29, 0.717) is 26.4 Å². The molecule has 3 aromatic carbocycles. The summed E-state index contributed by atoms with van der Waals surface area (Å²) in [5.74, 6) is 7.48. The molecule has 0 spiro atoms. The van der Waals surface area contributed by atoms with Crippen LogP contribution in [0, 0.1) is 18.8 Å². The van der Waals surface area contributed by atoms with Crippen LogP contribution in [0.5, 0.6) is 11.5 Å². The van der Waals surface area contributed by atoms with Crippen LogP contribution in [0.3, 0.4) is 0 Å². The average Bonchev–Trinajstić information content (AvgIpc) is 3.06. The van der Waals surface area contributed by atoms with Gasteiger partial charge in [-0.2, -0.15) is 0 Å². The smallest absolute Gasteiger partial charge is 0.330 e. The first kappa shape index (κ1) is 34.7. The highest BCUT2D eigenvalue weighted by molar-refractivity contribution is 5.81. The maximum Gasteiger partial charge on any atom is 0.330 e. The van der Waals surface area contributed by atoms with Crippen molar-refractivity contribution in [2.45, 2.75) is 58.3 Å². The zero-order valence-electron chi connectivity index (χ0n) is 26.4. The molecule has 0 aliphatic heterocycles. The summed E-state index contributed by atoms with van der Waals surface area (Å²) in [6.45, 7) is 11.1. The van der Waals surface area contributed by atoms with E-state index in [4.69, 9.17) is 18.9 Å². The van der Waals surface area contributed by atoms with Gasteiger partial charge in [-0.15, -0.1) is 0 Å². The van der Waals surface area contributed by atoms with E-state index >= 15 is 0 Å². The van der Waals surface area contributed by atoms with Gasteiger partial charge in [0.1, 0.15) is 11.5 Å². The molecule has 6 heteroatoms. The minimum Gasteiger partial charge on any atom is -0.494 e. The van der Waals surface area contributed by atoms with Gasteiger partial charge in [0.05, 0.1) is 26.4 Å². The number of ether oxygens (including phenoxy) is 4. The Balaban J connectivity index is 1.37. The van der Waals surface area contributed by atoms with Gasteiger partial charge in [0, 0.05) is 23.3 Å². The Morgan fingerprint density at radius 2 is 1.04 bits per heavy atom. The van der Waals surface area contributed by atoms with E-state index in [-0.39, 0.29) is 11.9 Å². The molecule has 0 bridgehead atoms. The molecule has 0 unspecified atom stereocenters. The number of benzene rings is 3. The predicted octanol–water partition coefficient (Wildman–Crippen LogP) is 8.40. The van der Waals surface area contributed by atoms with Crippen LogP contribution in [0.4, 0.5) is 0 Å². The molecule has 0 N–H and O–H groups in total. The third-order valence-corrected chi connectivity index (χ3v) is 7.03. The number of hydrogen-bond donors (Lipinski definition) is 0. The minimum atomic E-state index is -0.368. The summed E-state index contributed by atoms with van der Waals surface area (Å²) in [6.07, 6.45) is 10.0. The third-order valence-electron chi connectivity index (χ3n) is 7.03. The molecule has 0 saturated heterocycles. The van der Waals surface area contributed by atoms with E-state index < -0.39 is 0 Å². The number of hydrogen-bond acceptors (Lipinski definition) is 6.